The molecule has 0 unspecified atom stereocenters. The molecule has 0 aliphatic rings. The van der Waals surface area contributed by atoms with Gasteiger partial charge in [0, 0.05) is 6.07 Å². The molecule has 2 aromatic carbocycles. The summed E-state index contributed by atoms with van der Waals surface area (Å²) in [6, 6.07) is 17.7. The number of carbonyl (C=O) groups is 1. The zero-order valence-electron chi connectivity index (χ0n) is 13.9. The highest BCUT2D eigenvalue weighted by molar-refractivity contribution is 7.12. The molecule has 0 bridgehead atoms. The van der Waals surface area contributed by atoms with Gasteiger partial charge in [0.15, 0.2) is 0 Å². The monoisotopic (exact) mass is 362 g/mol. The average Bonchev–Trinajstić information content (AvgIpc) is 3.17. The molecule has 0 radical (unpaired) electrons. The fourth-order valence-electron chi connectivity index (χ4n) is 2.84. The van der Waals surface area contributed by atoms with Crippen LogP contribution in [0.5, 0.6) is 5.75 Å². The molecule has 0 saturated carbocycles. The maximum Gasteiger partial charge on any atom is 0.353 e. The smallest absolute Gasteiger partial charge is 0.353 e. The number of hydrogen-bond acceptors (Lipinski definition) is 5. The number of thiophene rings is 1. The third-order valence-corrected chi connectivity index (χ3v) is 4.89. The van der Waals surface area contributed by atoms with Crippen LogP contribution in [0.3, 0.4) is 0 Å². The molecular weight excluding hydrogens is 348 g/mol. The molecule has 0 fully saturated rings. The van der Waals surface area contributed by atoms with Gasteiger partial charge in [-0.15, -0.1) is 11.3 Å². The number of ether oxygens (including phenoxy) is 1. The summed E-state index contributed by atoms with van der Waals surface area (Å²) in [5.41, 5.74) is 1.64. The Labute approximate surface area is 153 Å². The van der Waals surface area contributed by atoms with Crippen molar-refractivity contribution in [1.82, 2.24) is 0 Å². The van der Waals surface area contributed by atoms with E-state index < -0.39 is 5.97 Å². The molecule has 128 valence electrons. The first-order valence-corrected chi connectivity index (χ1v) is 8.90. The Morgan fingerprint density at radius 2 is 1.85 bits per heavy atom. The van der Waals surface area contributed by atoms with E-state index in [0.717, 1.165) is 5.56 Å². The Morgan fingerprint density at radius 3 is 2.58 bits per heavy atom. The van der Waals surface area contributed by atoms with Crippen LogP contribution in [0.15, 0.2) is 75.3 Å². The molecule has 2 heterocycles. The van der Waals surface area contributed by atoms with Gasteiger partial charge in [-0.2, -0.15) is 0 Å². The first-order valence-electron chi connectivity index (χ1n) is 8.02. The van der Waals surface area contributed by atoms with Gasteiger partial charge in [0.2, 0.25) is 5.43 Å². The Bertz CT molecular complexity index is 1140. The van der Waals surface area contributed by atoms with E-state index in [2.05, 4.69) is 0 Å². The summed E-state index contributed by atoms with van der Waals surface area (Å²) in [4.78, 5) is 25.5. The Kier molecular flexibility index (Phi) is 4.14. The molecule has 0 atom stereocenters. The van der Waals surface area contributed by atoms with Crippen LogP contribution in [-0.2, 0) is 0 Å². The van der Waals surface area contributed by atoms with Crippen molar-refractivity contribution in [2.45, 2.75) is 6.92 Å². The summed E-state index contributed by atoms with van der Waals surface area (Å²) in [5, 5.41) is 2.26. The van der Waals surface area contributed by atoms with Crippen molar-refractivity contribution in [2.24, 2.45) is 0 Å². The summed E-state index contributed by atoms with van der Waals surface area (Å²) in [6.07, 6.45) is 0. The van der Waals surface area contributed by atoms with E-state index in [4.69, 9.17) is 9.15 Å². The molecular formula is C21H14O4S. The van der Waals surface area contributed by atoms with Crippen molar-refractivity contribution in [1.29, 1.82) is 0 Å². The average molecular weight is 362 g/mol. The zero-order chi connectivity index (χ0) is 18.1. The molecule has 4 aromatic rings. The lowest BCUT2D eigenvalue weighted by molar-refractivity contribution is 0.0740. The molecule has 0 saturated heterocycles. The minimum atomic E-state index is -0.431. The molecule has 0 N–H and O–H groups in total. The van der Waals surface area contributed by atoms with Crippen LogP contribution in [0, 0.1) is 6.92 Å². The van der Waals surface area contributed by atoms with E-state index in [0.29, 0.717) is 32.9 Å². The highest BCUT2D eigenvalue weighted by atomic mass is 32.1. The number of esters is 1. The van der Waals surface area contributed by atoms with Gasteiger partial charge in [0.05, 0.1) is 10.9 Å². The van der Waals surface area contributed by atoms with Crippen LogP contribution in [-0.4, -0.2) is 5.97 Å². The fraction of sp³-hybridized carbons (Fsp3) is 0.0476. The van der Waals surface area contributed by atoms with E-state index in [1.807, 2.05) is 35.7 Å². The van der Waals surface area contributed by atoms with E-state index in [-0.39, 0.29) is 5.43 Å². The van der Waals surface area contributed by atoms with Crippen molar-refractivity contribution in [3.8, 4) is 16.9 Å². The number of benzene rings is 2. The number of hydrogen-bond donors (Lipinski definition) is 0. The lowest BCUT2D eigenvalue weighted by atomic mass is 10.0. The SMILES string of the molecule is Cc1oc2cc(OC(=O)c3cccs3)ccc2c(=O)c1-c1ccccc1. The first kappa shape index (κ1) is 16.3. The lowest BCUT2D eigenvalue weighted by Crippen LogP contribution is -2.09. The molecule has 2 aromatic heterocycles. The van der Waals surface area contributed by atoms with E-state index in [9.17, 15) is 9.59 Å². The Balaban J connectivity index is 1.76. The second kappa shape index (κ2) is 6.61. The normalized spacial score (nSPS) is 10.8. The van der Waals surface area contributed by atoms with Gasteiger partial charge in [0.25, 0.3) is 0 Å². The predicted molar refractivity (Wildman–Crippen MR) is 102 cm³/mol. The van der Waals surface area contributed by atoms with Crippen LogP contribution in [0.4, 0.5) is 0 Å². The fourth-order valence-corrected chi connectivity index (χ4v) is 3.44. The highest BCUT2D eigenvalue weighted by Gasteiger charge is 2.15. The summed E-state index contributed by atoms with van der Waals surface area (Å²) >= 11 is 1.31. The quantitative estimate of drug-likeness (QED) is 0.378. The Hall–Kier alpha value is -3.18. The molecule has 4 rings (SSSR count). The van der Waals surface area contributed by atoms with Gasteiger partial charge in [-0.3, -0.25) is 4.79 Å². The standard InChI is InChI=1S/C21H14O4S/c1-13-19(14-6-3-2-4-7-14)20(22)16-10-9-15(12-17(16)24-13)25-21(23)18-8-5-11-26-18/h2-12H,1H3. The molecule has 0 aliphatic carbocycles. The van der Waals surface area contributed by atoms with Crippen molar-refractivity contribution < 1.29 is 13.9 Å². The predicted octanol–water partition coefficient (Wildman–Crippen LogP) is 5.05. The third kappa shape index (κ3) is 2.93. The molecule has 26 heavy (non-hydrogen) atoms. The molecule has 0 aliphatic heterocycles. The molecule has 0 spiro atoms. The number of fused-ring (bicyclic) bond motifs is 1. The van der Waals surface area contributed by atoms with E-state index in [1.54, 1.807) is 37.3 Å². The Morgan fingerprint density at radius 1 is 1.04 bits per heavy atom. The topological polar surface area (TPSA) is 56.5 Å². The van der Waals surface area contributed by atoms with Crippen LogP contribution < -0.4 is 10.2 Å². The van der Waals surface area contributed by atoms with Crippen LogP contribution in [0.25, 0.3) is 22.1 Å². The summed E-state index contributed by atoms with van der Waals surface area (Å²) in [7, 11) is 0. The summed E-state index contributed by atoms with van der Waals surface area (Å²) in [5.74, 6) is 0.431. The minimum Gasteiger partial charge on any atom is -0.460 e. The van der Waals surface area contributed by atoms with E-state index >= 15 is 0 Å². The summed E-state index contributed by atoms with van der Waals surface area (Å²) in [6.45, 7) is 1.76. The van der Waals surface area contributed by atoms with Crippen LogP contribution in [0.1, 0.15) is 15.4 Å². The van der Waals surface area contributed by atoms with Crippen LogP contribution in [0.2, 0.25) is 0 Å². The number of carbonyl (C=O) groups excluding carboxylic acids is 1. The minimum absolute atomic E-state index is 0.105. The molecule has 0 amide bonds. The van der Waals surface area contributed by atoms with Gasteiger partial charge in [-0.1, -0.05) is 36.4 Å². The summed E-state index contributed by atoms with van der Waals surface area (Å²) < 4.78 is 11.2. The van der Waals surface area contributed by atoms with Crippen molar-refractivity contribution in [3.63, 3.8) is 0 Å². The van der Waals surface area contributed by atoms with E-state index in [1.165, 1.54) is 11.3 Å². The van der Waals surface area contributed by atoms with Crippen molar-refractivity contribution in [2.75, 3.05) is 0 Å². The van der Waals surface area contributed by atoms with Gasteiger partial charge in [0.1, 0.15) is 22.0 Å². The highest BCUT2D eigenvalue weighted by Crippen LogP contribution is 2.26. The number of aryl methyl sites for hydroxylation is 1. The molecule has 4 nitrogen and oxygen atoms in total. The first-order chi connectivity index (χ1) is 12.6. The van der Waals surface area contributed by atoms with Gasteiger partial charge >= 0.3 is 5.97 Å². The second-order valence-corrected chi connectivity index (χ2v) is 6.70. The van der Waals surface area contributed by atoms with Crippen molar-refractivity contribution >= 4 is 28.3 Å². The zero-order valence-corrected chi connectivity index (χ0v) is 14.7. The molecule has 5 heteroatoms. The van der Waals surface area contributed by atoms with Gasteiger partial charge < -0.3 is 9.15 Å². The third-order valence-electron chi connectivity index (χ3n) is 4.04. The second-order valence-electron chi connectivity index (χ2n) is 5.75. The van der Waals surface area contributed by atoms with Gasteiger partial charge in [-0.25, -0.2) is 4.79 Å². The van der Waals surface area contributed by atoms with Crippen molar-refractivity contribution in [3.05, 3.63) is 86.9 Å². The maximum absolute atomic E-state index is 12.9. The van der Waals surface area contributed by atoms with Gasteiger partial charge in [-0.05, 0) is 36.1 Å². The lowest BCUT2D eigenvalue weighted by Gasteiger charge is -2.08. The van der Waals surface area contributed by atoms with Crippen LogP contribution >= 0.6 is 11.3 Å². The number of rotatable bonds is 3. The maximum atomic E-state index is 12.9. The largest absolute Gasteiger partial charge is 0.460 e.